The number of hydrogen-bond donors (Lipinski definition) is 1. The van der Waals surface area contributed by atoms with Crippen molar-refractivity contribution in [2.45, 2.75) is 32.8 Å². The second-order valence-electron chi connectivity index (χ2n) is 3.79. The molecule has 4 heteroatoms. The first kappa shape index (κ1) is 12.7. The minimum Gasteiger partial charge on any atom is -0.366 e. The highest BCUT2D eigenvalue weighted by atomic mass is 35.5. The molecular weight excluding hydrogens is 190 g/mol. The minimum absolute atomic E-state index is 0.0833. The molecule has 1 amide bonds. The number of carbonyl (C=O) groups excluding carboxylic acids is 1. The molecule has 0 rings (SSSR count). The van der Waals surface area contributed by atoms with E-state index in [1.54, 1.807) is 0 Å². The Morgan fingerprint density at radius 1 is 1.46 bits per heavy atom. The lowest BCUT2D eigenvalue weighted by Gasteiger charge is -2.18. The van der Waals surface area contributed by atoms with E-state index in [0.717, 1.165) is 6.42 Å². The molecule has 0 aromatic heterocycles. The third-order valence-electron chi connectivity index (χ3n) is 1.27. The third kappa shape index (κ3) is 9.64. The van der Waals surface area contributed by atoms with Crippen LogP contribution in [0.25, 0.3) is 0 Å². The predicted octanol–water partition coefficient (Wildman–Crippen LogP) is 1.55. The lowest BCUT2D eigenvalue weighted by molar-refractivity contribution is -0.130. The average Bonchev–Trinajstić information content (AvgIpc) is 2.00. The van der Waals surface area contributed by atoms with Crippen LogP contribution in [0.3, 0.4) is 0 Å². The van der Waals surface area contributed by atoms with Gasteiger partial charge >= 0.3 is 0 Å². The van der Waals surface area contributed by atoms with Gasteiger partial charge in [0.05, 0.1) is 5.60 Å². The summed E-state index contributed by atoms with van der Waals surface area (Å²) < 4.78 is 5.28. The molecule has 0 radical (unpaired) electrons. The van der Waals surface area contributed by atoms with Gasteiger partial charge in [-0.05, 0) is 27.2 Å². The van der Waals surface area contributed by atoms with E-state index in [9.17, 15) is 4.79 Å². The molecule has 0 saturated carbocycles. The smallest absolute Gasteiger partial charge is 0.246 e. The van der Waals surface area contributed by atoms with Crippen molar-refractivity contribution < 1.29 is 9.53 Å². The van der Waals surface area contributed by atoms with Crippen molar-refractivity contribution in [3.63, 3.8) is 0 Å². The number of amides is 1. The van der Waals surface area contributed by atoms with Gasteiger partial charge in [0.25, 0.3) is 0 Å². The number of halogens is 1. The minimum atomic E-state index is -0.260. The summed E-state index contributed by atoms with van der Waals surface area (Å²) in [5, 5.41) is 2.71. The lowest BCUT2D eigenvalue weighted by Crippen LogP contribution is -2.32. The Kier molecular flexibility index (Phi) is 6.08. The second kappa shape index (κ2) is 6.22. The van der Waals surface area contributed by atoms with Crippen molar-refractivity contribution in [3.05, 3.63) is 0 Å². The predicted molar refractivity (Wildman–Crippen MR) is 54.1 cm³/mol. The van der Waals surface area contributed by atoms with Crippen LogP contribution in [-0.2, 0) is 9.53 Å². The van der Waals surface area contributed by atoms with Gasteiger partial charge in [-0.15, -0.1) is 11.6 Å². The van der Waals surface area contributed by atoms with Gasteiger partial charge in [-0.25, -0.2) is 0 Å². The first-order valence-electron chi connectivity index (χ1n) is 4.42. The summed E-state index contributed by atoms with van der Waals surface area (Å²) in [6.45, 7) is 6.48. The summed E-state index contributed by atoms with van der Waals surface area (Å²) >= 11 is 5.45. The Bertz CT molecular complexity index is 154. The van der Waals surface area contributed by atoms with E-state index in [4.69, 9.17) is 16.3 Å². The zero-order valence-electron chi connectivity index (χ0n) is 8.52. The molecule has 0 saturated heterocycles. The van der Waals surface area contributed by atoms with Crippen LogP contribution in [0, 0.1) is 0 Å². The number of hydrogen-bond acceptors (Lipinski definition) is 2. The van der Waals surface area contributed by atoms with E-state index in [1.165, 1.54) is 0 Å². The maximum atomic E-state index is 11.1. The van der Waals surface area contributed by atoms with E-state index in [2.05, 4.69) is 5.32 Å². The summed E-state index contributed by atoms with van der Waals surface area (Å²) in [5.74, 6) is 0.487. The van der Waals surface area contributed by atoms with Crippen LogP contribution in [0.2, 0.25) is 0 Å². The fourth-order valence-corrected chi connectivity index (χ4v) is 0.761. The molecule has 0 spiro atoms. The Hall–Kier alpha value is -0.280. The highest BCUT2D eigenvalue weighted by Gasteiger charge is 2.12. The van der Waals surface area contributed by atoms with Gasteiger partial charge in [0.2, 0.25) is 5.91 Å². The molecule has 0 heterocycles. The molecule has 3 nitrogen and oxygen atoms in total. The van der Waals surface area contributed by atoms with Gasteiger partial charge in [-0.3, -0.25) is 4.79 Å². The summed E-state index contributed by atoms with van der Waals surface area (Å²) in [5.41, 5.74) is -0.260. The maximum Gasteiger partial charge on any atom is 0.246 e. The summed E-state index contributed by atoms with van der Waals surface area (Å²) in [4.78, 5) is 11.1. The summed E-state index contributed by atoms with van der Waals surface area (Å²) in [6.07, 6.45) is 0.794. The molecule has 1 N–H and O–H groups in total. The number of rotatable bonds is 5. The number of nitrogens with one attached hydrogen (secondary N) is 1. The molecule has 0 bridgehead atoms. The van der Waals surface area contributed by atoms with Gasteiger partial charge in [0, 0.05) is 12.4 Å². The standard InChI is InChI=1S/C9H18ClNO2/c1-9(2,3)13-7-8(12)11-6-4-5-10/h4-7H2,1-3H3,(H,11,12). The van der Waals surface area contributed by atoms with E-state index in [0.29, 0.717) is 12.4 Å². The van der Waals surface area contributed by atoms with Gasteiger partial charge in [0.1, 0.15) is 6.61 Å². The summed E-state index contributed by atoms with van der Waals surface area (Å²) in [6, 6.07) is 0. The van der Waals surface area contributed by atoms with Crippen molar-refractivity contribution in [2.24, 2.45) is 0 Å². The third-order valence-corrected chi connectivity index (χ3v) is 1.54. The Balaban J connectivity index is 3.41. The molecule has 0 aliphatic heterocycles. The molecule has 0 fully saturated rings. The highest BCUT2D eigenvalue weighted by molar-refractivity contribution is 6.17. The van der Waals surface area contributed by atoms with Crippen molar-refractivity contribution in [1.29, 1.82) is 0 Å². The van der Waals surface area contributed by atoms with Gasteiger partial charge < -0.3 is 10.1 Å². The SMILES string of the molecule is CC(C)(C)OCC(=O)NCCCCl. The van der Waals surface area contributed by atoms with Crippen molar-refractivity contribution in [3.8, 4) is 0 Å². The van der Waals surface area contributed by atoms with E-state index in [-0.39, 0.29) is 18.1 Å². The van der Waals surface area contributed by atoms with E-state index < -0.39 is 0 Å². The van der Waals surface area contributed by atoms with Gasteiger partial charge in [-0.1, -0.05) is 0 Å². The van der Waals surface area contributed by atoms with E-state index >= 15 is 0 Å². The quantitative estimate of drug-likeness (QED) is 0.549. The molecule has 0 aliphatic carbocycles. The highest BCUT2D eigenvalue weighted by Crippen LogP contribution is 2.05. The molecule has 78 valence electrons. The molecule has 0 atom stereocenters. The number of carbonyl (C=O) groups is 1. The van der Waals surface area contributed by atoms with Crippen molar-refractivity contribution >= 4 is 17.5 Å². The first-order chi connectivity index (χ1) is 5.95. The fourth-order valence-electron chi connectivity index (χ4n) is 0.628. The van der Waals surface area contributed by atoms with E-state index in [1.807, 2.05) is 20.8 Å². The molecule has 0 unspecified atom stereocenters. The molecule has 0 aromatic carbocycles. The zero-order chi connectivity index (χ0) is 10.3. The Morgan fingerprint density at radius 2 is 2.08 bits per heavy atom. The topological polar surface area (TPSA) is 38.3 Å². The number of ether oxygens (including phenoxy) is 1. The van der Waals surface area contributed by atoms with Crippen molar-refractivity contribution in [1.82, 2.24) is 5.32 Å². The fraction of sp³-hybridized carbons (Fsp3) is 0.889. The largest absolute Gasteiger partial charge is 0.366 e. The van der Waals surface area contributed by atoms with Crippen LogP contribution >= 0.6 is 11.6 Å². The summed E-state index contributed by atoms with van der Waals surface area (Å²) in [7, 11) is 0. The molecule has 0 aliphatic rings. The monoisotopic (exact) mass is 207 g/mol. The first-order valence-corrected chi connectivity index (χ1v) is 4.96. The van der Waals surface area contributed by atoms with Gasteiger partial charge in [0.15, 0.2) is 0 Å². The normalized spacial score (nSPS) is 11.4. The van der Waals surface area contributed by atoms with Crippen LogP contribution in [0.15, 0.2) is 0 Å². The zero-order valence-corrected chi connectivity index (χ0v) is 9.28. The van der Waals surface area contributed by atoms with Crippen molar-refractivity contribution in [2.75, 3.05) is 19.0 Å². The second-order valence-corrected chi connectivity index (χ2v) is 4.17. The number of alkyl halides is 1. The molecular formula is C9H18ClNO2. The van der Waals surface area contributed by atoms with Crippen LogP contribution in [0.4, 0.5) is 0 Å². The van der Waals surface area contributed by atoms with Crippen LogP contribution in [0.1, 0.15) is 27.2 Å². The van der Waals surface area contributed by atoms with Crippen LogP contribution < -0.4 is 5.32 Å². The Morgan fingerprint density at radius 3 is 2.54 bits per heavy atom. The van der Waals surface area contributed by atoms with Gasteiger partial charge in [-0.2, -0.15) is 0 Å². The maximum absolute atomic E-state index is 11.1. The molecule has 13 heavy (non-hydrogen) atoms. The Labute approximate surface area is 84.8 Å². The lowest BCUT2D eigenvalue weighted by atomic mass is 10.2. The van der Waals surface area contributed by atoms with Crippen LogP contribution in [0.5, 0.6) is 0 Å². The van der Waals surface area contributed by atoms with Crippen LogP contribution in [-0.4, -0.2) is 30.5 Å². The molecule has 0 aromatic rings. The average molecular weight is 208 g/mol.